The van der Waals surface area contributed by atoms with Gasteiger partial charge in [0.15, 0.2) is 0 Å². The highest BCUT2D eigenvalue weighted by Gasteiger charge is 2.24. The Morgan fingerprint density at radius 2 is 1.61 bits per heavy atom. The van der Waals surface area contributed by atoms with E-state index in [0.29, 0.717) is 15.9 Å². The van der Waals surface area contributed by atoms with Gasteiger partial charge in [-0.1, -0.05) is 44.0 Å². The van der Waals surface area contributed by atoms with Gasteiger partial charge in [-0.3, -0.25) is 9.59 Å². The van der Waals surface area contributed by atoms with Gasteiger partial charge in [-0.15, -0.1) is 11.3 Å². The Bertz CT molecular complexity index is 837. The molecule has 2 rings (SSSR count). The van der Waals surface area contributed by atoms with Crippen molar-refractivity contribution in [2.75, 3.05) is 27.7 Å². The van der Waals surface area contributed by atoms with Gasteiger partial charge < -0.3 is 14.9 Å². The lowest BCUT2D eigenvalue weighted by atomic mass is 10.0. The zero-order valence-electron chi connectivity index (χ0n) is 19.3. The monoisotopic (exact) mass is 445 g/mol. The molecule has 1 atom stereocenters. The van der Waals surface area contributed by atoms with E-state index in [2.05, 4.69) is 36.5 Å². The van der Waals surface area contributed by atoms with Crippen LogP contribution in [0.5, 0.6) is 0 Å². The SMILES string of the molecule is CCCCCc1ccc(CCc2ccc(C(=O)N[C@H](CC(=O)O)C[N+](C)(C)C)s2)cc1. The maximum absolute atomic E-state index is 12.7. The summed E-state index contributed by atoms with van der Waals surface area (Å²) in [6.45, 7) is 2.78. The van der Waals surface area contributed by atoms with Crippen molar-refractivity contribution >= 4 is 23.2 Å². The number of hydrogen-bond donors (Lipinski definition) is 2. The van der Waals surface area contributed by atoms with Crippen molar-refractivity contribution in [2.45, 2.75) is 57.9 Å². The number of thiophene rings is 1. The predicted octanol–water partition coefficient (Wildman–Crippen LogP) is 4.55. The second-order valence-corrected chi connectivity index (χ2v) is 10.4. The normalized spacial score (nSPS) is 12.5. The fourth-order valence-electron chi connectivity index (χ4n) is 3.64. The lowest BCUT2D eigenvalue weighted by Crippen LogP contribution is -2.49. The molecule has 1 aromatic carbocycles. The first-order valence-corrected chi connectivity index (χ1v) is 12.0. The first-order chi connectivity index (χ1) is 14.7. The summed E-state index contributed by atoms with van der Waals surface area (Å²) in [4.78, 5) is 25.6. The molecule has 0 bridgehead atoms. The fraction of sp³-hybridized carbons (Fsp3) is 0.520. The molecule has 2 N–H and O–H groups in total. The number of carbonyl (C=O) groups excluding carboxylic acids is 1. The van der Waals surface area contributed by atoms with E-state index >= 15 is 0 Å². The van der Waals surface area contributed by atoms with Crippen molar-refractivity contribution in [1.82, 2.24) is 5.32 Å². The van der Waals surface area contributed by atoms with Gasteiger partial charge in [0.25, 0.3) is 5.91 Å². The van der Waals surface area contributed by atoms with Crippen molar-refractivity contribution in [3.8, 4) is 0 Å². The summed E-state index contributed by atoms with van der Waals surface area (Å²) < 4.78 is 0.589. The molecule has 2 aromatic rings. The zero-order valence-corrected chi connectivity index (χ0v) is 20.1. The number of carboxylic acids is 1. The van der Waals surface area contributed by atoms with Crippen LogP contribution in [0.3, 0.4) is 0 Å². The molecule has 1 amide bonds. The Morgan fingerprint density at radius 3 is 2.19 bits per heavy atom. The molecular formula is C25H37N2O3S+. The fourth-order valence-corrected chi connectivity index (χ4v) is 4.55. The minimum absolute atomic E-state index is 0.0755. The number of nitrogens with one attached hydrogen (secondary N) is 1. The van der Waals surface area contributed by atoms with Crippen LogP contribution in [0.1, 0.15) is 58.3 Å². The Labute approximate surface area is 190 Å². The summed E-state index contributed by atoms with van der Waals surface area (Å²) in [7, 11) is 5.96. The van der Waals surface area contributed by atoms with Crippen molar-refractivity contribution in [3.05, 3.63) is 57.3 Å². The predicted molar refractivity (Wildman–Crippen MR) is 128 cm³/mol. The van der Waals surface area contributed by atoms with E-state index in [0.717, 1.165) is 19.3 Å². The van der Waals surface area contributed by atoms with Crippen LogP contribution >= 0.6 is 11.3 Å². The van der Waals surface area contributed by atoms with Gasteiger partial charge in [0.1, 0.15) is 0 Å². The third kappa shape index (κ3) is 9.66. The van der Waals surface area contributed by atoms with Gasteiger partial charge >= 0.3 is 5.97 Å². The molecule has 6 heteroatoms. The van der Waals surface area contributed by atoms with E-state index in [1.165, 1.54) is 46.6 Å². The second kappa shape index (κ2) is 12.0. The van der Waals surface area contributed by atoms with Crippen molar-refractivity contribution in [3.63, 3.8) is 0 Å². The molecule has 31 heavy (non-hydrogen) atoms. The van der Waals surface area contributed by atoms with Crippen molar-refractivity contribution in [1.29, 1.82) is 0 Å². The quantitative estimate of drug-likeness (QED) is 0.351. The van der Waals surface area contributed by atoms with Crippen LogP contribution < -0.4 is 5.32 Å². The number of rotatable bonds is 13. The third-order valence-electron chi connectivity index (χ3n) is 5.16. The number of carboxylic acid groups (broad SMARTS) is 1. The number of aliphatic carboxylic acids is 1. The largest absolute Gasteiger partial charge is 0.481 e. The minimum Gasteiger partial charge on any atom is -0.481 e. The lowest BCUT2D eigenvalue weighted by Gasteiger charge is -2.29. The van der Waals surface area contributed by atoms with Gasteiger partial charge in [-0.25, -0.2) is 0 Å². The second-order valence-electron chi connectivity index (χ2n) is 9.28. The molecule has 0 fully saturated rings. The molecule has 170 valence electrons. The number of hydrogen-bond acceptors (Lipinski definition) is 3. The van der Waals surface area contributed by atoms with Crippen LogP contribution in [-0.4, -0.2) is 55.2 Å². The number of unbranched alkanes of at least 4 members (excludes halogenated alkanes) is 2. The number of amides is 1. The van der Waals surface area contributed by atoms with Crippen molar-refractivity contribution < 1.29 is 19.2 Å². The molecule has 0 unspecified atom stereocenters. The summed E-state index contributed by atoms with van der Waals surface area (Å²) in [5.41, 5.74) is 2.71. The standard InChI is InChI=1S/C25H36N2O3S/c1-5-6-7-8-19-9-11-20(12-10-19)13-14-22-15-16-23(31-22)25(30)26-21(17-24(28)29)18-27(2,3)4/h9-12,15-16,21H,5-8,13-14,17-18H2,1-4H3,(H-,26,28,29,30)/p+1/t21-/m1/s1. The lowest BCUT2D eigenvalue weighted by molar-refractivity contribution is -0.871. The van der Waals surface area contributed by atoms with Gasteiger partial charge in [-0.2, -0.15) is 0 Å². The Morgan fingerprint density at radius 1 is 0.968 bits per heavy atom. The number of likely N-dealkylation sites (N-methyl/N-ethyl adjacent to an activating group) is 1. The summed E-state index contributed by atoms with van der Waals surface area (Å²) in [5, 5.41) is 12.1. The highest BCUT2D eigenvalue weighted by Crippen LogP contribution is 2.20. The molecule has 0 aliphatic carbocycles. The number of quaternary nitrogens is 1. The molecule has 1 aromatic heterocycles. The Hall–Kier alpha value is -2.18. The van der Waals surface area contributed by atoms with E-state index in [-0.39, 0.29) is 12.3 Å². The van der Waals surface area contributed by atoms with Gasteiger partial charge in [0.05, 0.1) is 45.0 Å². The summed E-state index contributed by atoms with van der Waals surface area (Å²) >= 11 is 1.49. The van der Waals surface area contributed by atoms with E-state index in [1.54, 1.807) is 0 Å². The third-order valence-corrected chi connectivity index (χ3v) is 6.31. The first-order valence-electron chi connectivity index (χ1n) is 11.2. The van der Waals surface area contributed by atoms with Crippen LogP contribution in [0.4, 0.5) is 0 Å². The molecule has 0 saturated heterocycles. The smallest absolute Gasteiger partial charge is 0.305 e. The highest BCUT2D eigenvalue weighted by atomic mass is 32.1. The topological polar surface area (TPSA) is 66.4 Å². The van der Waals surface area contributed by atoms with Crippen LogP contribution in [0, 0.1) is 0 Å². The number of benzene rings is 1. The molecular weight excluding hydrogens is 408 g/mol. The summed E-state index contributed by atoms with van der Waals surface area (Å²) in [6, 6.07) is 12.3. The van der Waals surface area contributed by atoms with Crippen LogP contribution in [-0.2, 0) is 24.1 Å². The van der Waals surface area contributed by atoms with Gasteiger partial charge in [-0.05, 0) is 48.9 Å². The Kier molecular flexibility index (Phi) is 9.72. The molecule has 0 saturated carbocycles. The zero-order chi connectivity index (χ0) is 22.9. The maximum Gasteiger partial charge on any atom is 0.305 e. The molecule has 0 aliphatic rings. The van der Waals surface area contributed by atoms with E-state index in [9.17, 15) is 9.59 Å². The van der Waals surface area contributed by atoms with Crippen LogP contribution in [0.15, 0.2) is 36.4 Å². The maximum atomic E-state index is 12.7. The summed E-state index contributed by atoms with van der Waals surface area (Å²) in [6.07, 6.45) is 6.68. The van der Waals surface area contributed by atoms with E-state index in [1.807, 2.05) is 33.3 Å². The van der Waals surface area contributed by atoms with Gasteiger partial charge in [0.2, 0.25) is 0 Å². The van der Waals surface area contributed by atoms with Crippen LogP contribution in [0.2, 0.25) is 0 Å². The molecule has 0 aliphatic heterocycles. The molecule has 1 heterocycles. The minimum atomic E-state index is -0.901. The number of aryl methyl sites for hydroxylation is 3. The van der Waals surface area contributed by atoms with Gasteiger partial charge in [0, 0.05) is 4.88 Å². The van der Waals surface area contributed by atoms with Crippen LogP contribution in [0.25, 0.3) is 0 Å². The Balaban J connectivity index is 1.88. The van der Waals surface area contributed by atoms with E-state index < -0.39 is 12.0 Å². The summed E-state index contributed by atoms with van der Waals surface area (Å²) in [5.74, 6) is -1.09. The highest BCUT2D eigenvalue weighted by molar-refractivity contribution is 7.14. The number of carbonyl (C=O) groups is 2. The average Bonchev–Trinajstić information content (AvgIpc) is 3.15. The first kappa shape index (κ1) is 25.1. The van der Waals surface area contributed by atoms with E-state index in [4.69, 9.17) is 5.11 Å². The average molecular weight is 446 g/mol. The molecule has 0 radical (unpaired) electrons. The number of nitrogens with zero attached hydrogens (tertiary/aromatic N) is 1. The van der Waals surface area contributed by atoms with Crippen molar-refractivity contribution in [2.24, 2.45) is 0 Å². The molecule has 5 nitrogen and oxygen atoms in total. The molecule has 0 spiro atoms.